The summed E-state index contributed by atoms with van der Waals surface area (Å²) in [6.45, 7) is 4.20. The summed E-state index contributed by atoms with van der Waals surface area (Å²) < 4.78 is 0. The van der Waals surface area contributed by atoms with E-state index in [0.717, 1.165) is 19.5 Å². The Balaban J connectivity index is 2.57. The largest absolute Gasteiger partial charge is 0.305 e. The van der Waals surface area contributed by atoms with Crippen LogP contribution in [0.5, 0.6) is 0 Å². The van der Waals surface area contributed by atoms with Crippen molar-refractivity contribution in [1.29, 1.82) is 0 Å². The van der Waals surface area contributed by atoms with E-state index in [2.05, 4.69) is 34.8 Å². The number of alkyl halides is 1. The highest BCUT2D eigenvalue weighted by molar-refractivity contribution is 9.09. The number of halogens is 1. The second kappa shape index (κ2) is 4.38. The molecule has 0 saturated carbocycles. The molecule has 1 fully saturated rings. The predicted octanol–water partition coefficient (Wildman–Crippen LogP) is 1.54. The van der Waals surface area contributed by atoms with Gasteiger partial charge in [0.15, 0.2) is 0 Å². The molecule has 0 aromatic rings. The summed E-state index contributed by atoms with van der Waals surface area (Å²) in [7, 11) is 2.09. The average Bonchev–Trinajstić information content (AvgIpc) is 2.45. The zero-order valence-electron chi connectivity index (χ0n) is 7.72. The number of carbonyl (C=O) groups is 1. The van der Waals surface area contributed by atoms with E-state index in [-0.39, 0.29) is 5.92 Å². The maximum absolute atomic E-state index is 11.5. The molecule has 3 heteroatoms. The highest BCUT2D eigenvalue weighted by Crippen LogP contribution is 2.26. The first-order valence-electron chi connectivity index (χ1n) is 4.46. The molecule has 0 aliphatic carbocycles. The van der Waals surface area contributed by atoms with E-state index in [4.69, 9.17) is 0 Å². The van der Waals surface area contributed by atoms with Gasteiger partial charge < -0.3 is 4.90 Å². The standard InChI is InChI=1S/C9H16BrNO/c1-3-7-5-11(2)6-8(7)9(12)4-10/h7-8H,3-6H2,1-2H3/t7-,8?/m1/s1. The number of hydrogen-bond acceptors (Lipinski definition) is 2. The van der Waals surface area contributed by atoms with Crippen molar-refractivity contribution in [3.05, 3.63) is 0 Å². The SMILES string of the molecule is CC[C@@H]1CN(C)CC1C(=O)CBr. The molecule has 2 nitrogen and oxygen atoms in total. The third-order valence-electron chi connectivity index (χ3n) is 2.69. The minimum absolute atomic E-state index is 0.277. The van der Waals surface area contributed by atoms with Gasteiger partial charge in [-0.1, -0.05) is 29.3 Å². The molecule has 0 radical (unpaired) electrons. The molecule has 1 rings (SSSR count). The van der Waals surface area contributed by atoms with Crippen LogP contribution >= 0.6 is 15.9 Å². The monoisotopic (exact) mass is 233 g/mol. The van der Waals surface area contributed by atoms with Gasteiger partial charge >= 0.3 is 0 Å². The van der Waals surface area contributed by atoms with Gasteiger partial charge in [-0.25, -0.2) is 0 Å². The lowest BCUT2D eigenvalue weighted by molar-refractivity contribution is -0.120. The van der Waals surface area contributed by atoms with Crippen LogP contribution in [0.15, 0.2) is 0 Å². The molecule has 70 valence electrons. The molecule has 0 bridgehead atoms. The summed E-state index contributed by atoms with van der Waals surface area (Å²) in [5, 5.41) is 0.516. The van der Waals surface area contributed by atoms with Crippen molar-refractivity contribution in [2.75, 3.05) is 25.5 Å². The molecule has 12 heavy (non-hydrogen) atoms. The van der Waals surface area contributed by atoms with Crippen LogP contribution in [0, 0.1) is 11.8 Å². The molecule has 1 aliphatic heterocycles. The van der Waals surface area contributed by atoms with Crippen LogP contribution in [0.4, 0.5) is 0 Å². The highest BCUT2D eigenvalue weighted by Gasteiger charge is 2.33. The van der Waals surface area contributed by atoms with Gasteiger partial charge in [-0.2, -0.15) is 0 Å². The molecule has 2 atom stereocenters. The van der Waals surface area contributed by atoms with Crippen molar-refractivity contribution in [3.63, 3.8) is 0 Å². The normalized spacial score (nSPS) is 30.9. The van der Waals surface area contributed by atoms with Crippen LogP contribution in [0.2, 0.25) is 0 Å². The van der Waals surface area contributed by atoms with Crippen LogP contribution < -0.4 is 0 Å². The molecule has 1 saturated heterocycles. The molecule has 0 aromatic heterocycles. The fourth-order valence-corrected chi connectivity index (χ4v) is 2.38. The summed E-state index contributed by atoms with van der Waals surface area (Å²) in [6, 6.07) is 0. The number of rotatable bonds is 3. The molecular weight excluding hydrogens is 218 g/mol. The summed E-state index contributed by atoms with van der Waals surface area (Å²) in [5.74, 6) is 1.23. The molecule has 1 unspecified atom stereocenters. The Morgan fingerprint density at radius 1 is 1.58 bits per heavy atom. The van der Waals surface area contributed by atoms with Crippen LogP contribution in [0.1, 0.15) is 13.3 Å². The molecule has 0 N–H and O–H groups in total. The number of hydrogen-bond donors (Lipinski definition) is 0. The van der Waals surface area contributed by atoms with Crippen LogP contribution in [0.25, 0.3) is 0 Å². The quantitative estimate of drug-likeness (QED) is 0.690. The van der Waals surface area contributed by atoms with Gasteiger partial charge in [-0.3, -0.25) is 4.79 Å². The second-order valence-corrected chi connectivity index (χ2v) is 4.16. The van der Waals surface area contributed by atoms with Crippen molar-refractivity contribution >= 4 is 21.7 Å². The average molecular weight is 234 g/mol. The summed E-state index contributed by atoms with van der Waals surface area (Å²) >= 11 is 3.23. The maximum atomic E-state index is 11.5. The lowest BCUT2D eigenvalue weighted by Gasteiger charge is -2.13. The molecule has 1 aliphatic rings. The minimum atomic E-state index is 0.277. The topological polar surface area (TPSA) is 20.3 Å². The molecule has 0 aromatic carbocycles. The maximum Gasteiger partial charge on any atom is 0.148 e. The van der Waals surface area contributed by atoms with Gasteiger partial charge in [0.2, 0.25) is 0 Å². The molecule has 0 spiro atoms. The number of nitrogens with zero attached hydrogens (tertiary/aromatic N) is 1. The van der Waals surface area contributed by atoms with Crippen molar-refractivity contribution in [1.82, 2.24) is 4.90 Å². The van der Waals surface area contributed by atoms with Crippen LogP contribution in [0.3, 0.4) is 0 Å². The number of carbonyl (C=O) groups excluding carboxylic acids is 1. The van der Waals surface area contributed by atoms with Crippen molar-refractivity contribution in [2.45, 2.75) is 13.3 Å². The Labute approximate surface area is 82.4 Å². The number of ketones is 1. The summed E-state index contributed by atoms with van der Waals surface area (Å²) in [6.07, 6.45) is 1.12. The van der Waals surface area contributed by atoms with Gasteiger partial charge in [0.1, 0.15) is 5.78 Å². The van der Waals surface area contributed by atoms with Gasteiger partial charge in [0.25, 0.3) is 0 Å². The smallest absolute Gasteiger partial charge is 0.148 e. The lowest BCUT2D eigenvalue weighted by Crippen LogP contribution is -2.23. The first kappa shape index (κ1) is 10.2. The van der Waals surface area contributed by atoms with Crippen LogP contribution in [-0.4, -0.2) is 36.2 Å². The van der Waals surface area contributed by atoms with Gasteiger partial charge in [-0.05, 0) is 13.0 Å². The fraction of sp³-hybridized carbons (Fsp3) is 0.889. The third-order valence-corrected chi connectivity index (χ3v) is 3.25. The predicted molar refractivity (Wildman–Crippen MR) is 53.6 cm³/mol. The van der Waals surface area contributed by atoms with E-state index in [9.17, 15) is 4.79 Å². The fourth-order valence-electron chi connectivity index (χ4n) is 1.96. The molecule has 0 amide bonds. The Kier molecular flexibility index (Phi) is 3.72. The Morgan fingerprint density at radius 3 is 2.75 bits per heavy atom. The number of Topliss-reactive ketones (excluding diaryl/α,β-unsaturated/α-hetero) is 1. The lowest BCUT2D eigenvalue weighted by atomic mass is 9.91. The first-order chi connectivity index (χ1) is 5.69. The van der Waals surface area contributed by atoms with Gasteiger partial charge in [0, 0.05) is 19.0 Å². The zero-order chi connectivity index (χ0) is 9.14. The van der Waals surface area contributed by atoms with E-state index in [1.54, 1.807) is 0 Å². The van der Waals surface area contributed by atoms with Gasteiger partial charge in [-0.15, -0.1) is 0 Å². The Hall–Kier alpha value is 0.110. The minimum Gasteiger partial charge on any atom is -0.305 e. The molecular formula is C9H16BrNO. The number of likely N-dealkylation sites (tertiary alicyclic amines) is 1. The Bertz CT molecular complexity index is 172. The van der Waals surface area contributed by atoms with E-state index < -0.39 is 0 Å². The first-order valence-corrected chi connectivity index (χ1v) is 5.58. The van der Waals surface area contributed by atoms with E-state index >= 15 is 0 Å². The van der Waals surface area contributed by atoms with E-state index in [1.165, 1.54) is 0 Å². The van der Waals surface area contributed by atoms with Crippen molar-refractivity contribution < 1.29 is 4.79 Å². The second-order valence-electron chi connectivity index (χ2n) is 3.60. The van der Waals surface area contributed by atoms with Gasteiger partial charge in [0.05, 0.1) is 5.33 Å². The van der Waals surface area contributed by atoms with Crippen molar-refractivity contribution in [3.8, 4) is 0 Å². The van der Waals surface area contributed by atoms with Crippen molar-refractivity contribution in [2.24, 2.45) is 11.8 Å². The summed E-state index contributed by atoms with van der Waals surface area (Å²) in [5.41, 5.74) is 0. The van der Waals surface area contributed by atoms with Crippen LogP contribution in [-0.2, 0) is 4.79 Å². The molecule has 1 heterocycles. The zero-order valence-corrected chi connectivity index (χ0v) is 9.30. The Morgan fingerprint density at radius 2 is 2.25 bits per heavy atom. The summed E-state index contributed by atoms with van der Waals surface area (Å²) in [4.78, 5) is 13.7. The third kappa shape index (κ3) is 2.07. The van der Waals surface area contributed by atoms with E-state index in [0.29, 0.717) is 17.0 Å². The highest BCUT2D eigenvalue weighted by atomic mass is 79.9. The van der Waals surface area contributed by atoms with E-state index in [1.807, 2.05) is 0 Å².